The van der Waals surface area contributed by atoms with Crippen molar-refractivity contribution in [3.8, 4) is 0 Å². The fourth-order valence-electron chi connectivity index (χ4n) is 7.26. The second-order valence-electron chi connectivity index (χ2n) is 13.0. The van der Waals surface area contributed by atoms with E-state index in [0.717, 1.165) is 75.1 Å². The first kappa shape index (κ1) is 31.0. The number of benzene rings is 1. The van der Waals surface area contributed by atoms with E-state index in [1.165, 1.54) is 6.42 Å². The van der Waals surface area contributed by atoms with Crippen molar-refractivity contribution in [2.75, 3.05) is 0 Å². The fraction of sp³-hybridized carbons (Fsp3) is 0.600. The number of carbonyl (C=O) groups is 5. The van der Waals surface area contributed by atoms with Crippen LogP contribution < -0.4 is 10.6 Å². The van der Waals surface area contributed by atoms with Gasteiger partial charge in [0.1, 0.15) is 11.5 Å². The van der Waals surface area contributed by atoms with Gasteiger partial charge in [0.15, 0.2) is 5.78 Å². The molecular formula is C35H45N3O5. The van der Waals surface area contributed by atoms with Crippen LogP contribution in [0.1, 0.15) is 113 Å². The second kappa shape index (κ2) is 14.8. The predicted molar refractivity (Wildman–Crippen MR) is 164 cm³/mol. The van der Waals surface area contributed by atoms with Crippen LogP contribution >= 0.6 is 0 Å². The number of rotatable bonds is 12. The molecule has 8 heteroatoms. The van der Waals surface area contributed by atoms with Gasteiger partial charge in [0, 0.05) is 36.1 Å². The molecule has 0 unspecified atom stereocenters. The topological polar surface area (TPSA) is 122 Å². The summed E-state index contributed by atoms with van der Waals surface area (Å²) < 4.78 is 0. The van der Waals surface area contributed by atoms with Crippen LogP contribution in [0.5, 0.6) is 0 Å². The minimum Gasteiger partial charge on any atom is -0.347 e. The van der Waals surface area contributed by atoms with Gasteiger partial charge in [0.05, 0.1) is 11.6 Å². The van der Waals surface area contributed by atoms with Crippen LogP contribution in [0.25, 0.3) is 10.9 Å². The van der Waals surface area contributed by atoms with Gasteiger partial charge >= 0.3 is 0 Å². The Hall–Kier alpha value is -3.42. The van der Waals surface area contributed by atoms with Crippen LogP contribution in [-0.2, 0) is 19.2 Å². The zero-order chi connectivity index (χ0) is 30.2. The maximum atomic E-state index is 13.9. The van der Waals surface area contributed by atoms with Gasteiger partial charge in [-0.3, -0.25) is 24.0 Å². The highest BCUT2D eigenvalue weighted by Gasteiger charge is 2.37. The Morgan fingerprint density at radius 1 is 0.814 bits per heavy atom. The third-order valence-corrected chi connectivity index (χ3v) is 9.78. The number of hydrogen-bond donors (Lipinski definition) is 2. The Bertz CT molecular complexity index is 1330. The Labute approximate surface area is 254 Å². The van der Waals surface area contributed by atoms with Gasteiger partial charge < -0.3 is 10.6 Å². The number of amides is 2. The monoisotopic (exact) mass is 587 g/mol. The zero-order valence-electron chi connectivity index (χ0n) is 25.2. The van der Waals surface area contributed by atoms with E-state index in [4.69, 9.17) is 0 Å². The van der Waals surface area contributed by atoms with Crippen LogP contribution in [0.3, 0.4) is 0 Å². The average Bonchev–Trinajstić information content (AvgIpc) is 3.44. The van der Waals surface area contributed by atoms with Crippen LogP contribution in [0, 0.1) is 17.8 Å². The molecule has 5 rings (SSSR count). The first-order valence-electron chi connectivity index (χ1n) is 16.4. The van der Waals surface area contributed by atoms with E-state index < -0.39 is 29.6 Å². The summed E-state index contributed by atoms with van der Waals surface area (Å²) in [5.41, 5.74) is 1.04. The molecule has 2 N–H and O–H groups in total. The van der Waals surface area contributed by atoms with Crippen molar-refractivity contribution < 1.29 is 24.0 Å². The summed E-state index contributed by atoms with van der Waals surface area (Å²) in [5, 5.41) is 6.70. The van der Waals surface area contributed by atoms with Gasteiger partial charge in [0.25, 0.3) is 5.91 Å². The van der Waals surface area contributed by atoms with Gasteiger partial charge in [-0.2, -0.15) is 0 Å². The van der Waals surface area contributed by atoms with Gasteiger partial charge in [-0.1, -0.05) is 75.6 Å². The molecule has 1 heterocycles. The zero-order valence-corrected chi connectivity index (χ0v) is 25.2. The summed E-state index contributed by atoms with van der Waals surface area (Å²) in [6, 6.07) is 10.0. The van der Waals surface area contributed by atoms with Crippen molar-refractivity contribution in [1.29, 1.82) is 0 Å². The third-order valence-electron chi connectivity index (χ3n) is 9.78. The highest BCUT2D eigenvalue weighted by atomic mass is 16.2. The lowest BCUT2D eigenvalue weighted by Gasteiger charge is -2.28. The summed E-state index contributed by atoms with van der Waals surface area (Å²) in [4.78, 5) is 71.1. The molecule has 230 valence electrons. The number of hydrogen-bond acceptors (Lipinski definition) is 6. The number of para-hydroxylation sites is 1. The quantitative estimate of drug-likeness (QED) is 0.244. The molecule has 1 aromatic heterocycles. The summed E-state index contributed by atoms with van der Waals surface area (Å²) in [6.07, 6.45) is 12.7. The lowest BCUT2D eigenvalue weighted by atomic mass is 9.80. The van der Waals surface area contributed by atoms with E-state index in [9.17, 15) is 24.0 Å². The summed E-state index contributed by atoms with van der Waals surface area (Å²) in [5.74, 6) is -2.60. The molecule has 2 amide bonds. The van der Waals surface area contributed by atoms with Gasteiger partial charge in [0.2, 0.25) is 11.7 Å². The fourth-order valence-corrected chi connectivity index (χ4v) is 7.26. The molecule has 43 heavy (non-hydrogen) atoms. The molecule has 3 fully saturated rings. The first-order valence-corrected chi connectivity index (χ1v) is 16.4. The number of pyridine rings is 1. The number of fused-ring (bicyclic) bond motifs is 1. The van der Waals surface area contributed by atoms with Crippen molar-refractivity contribution in [3.05, 3.63) is 42.1 Å². The van der Waals surface area contributed by atoms with Gasteiger partial charge in [-0.15, -0.1) is 0 Å². The summed E-state index contributed by atoms with van der Waals surface area (Å²) >= 11 is 0. The molecule has 3 aliphatic rings. The van der Waals surface area contributed by atoms with Crippen molar-refractivity contribution in [3.63, 3.8) is 0 Å². The second-order valence-corrected chi connectivity index (χ2v) is 13.0. The molecule has 0 spiro atoms. The van der Waals surface area contributed by atoms with Crippen LogP contribution in [0.2, 0.25) is 0 Å². The smallest absolute Gasteiger partial charge is 0.289 e. The Balaban J connectivity index is 1.33. The Kier molecular flexibility index (Phi) is 10.7. The highest BCUT2D eigenvalue weighted by molar-refractivity contribution is 6.38. The molecular weight excluding hydrogens is 542 g/mol. The minimum absolute atomic E-state index is 0.0226. The molecule has 0 radical (unpaired) electrons. The lowest BCUT2D eigenvalue weighted by molar-refractivity contribution is -0.141. The number of nitrogens with one attached hydrogen (secondary N) is 2. The van der Waals surface area contributed by atoms with E-state index >= 15 is 0 Å². The predicted octanol–water partition coefficient (Wildman–Crippen LogP) is 5.66. The maximum Gasteiger partial charge on any atom is 0.289 e. The Morgan fingerprint density at radius 3 is 2.26 bits per heavy atom. The molecule has 0 saturated heterocycles. The third kappa shape index (κ3) is 8.36. The first-order chi connectivity index (χ1) is 20.9. The number of Topliss-reactive ketones (excluding diaryl/α,β-unsaturated/α-hetero) is 3. The molecule has 3 aliphatic carbocycles. The molecule has 0 aliphatic heterocycles. The number of ketones is 3. The summed E-state index contributed by atoms with van der Waals surface area (Å²) in [6.45, 7) is 0. The maximum absolute atomic E-state index is 13.9. The standard InChI is InChI=1S/C35H45N3O5/c39-31-17-9-13-25(31)21-30(33(41)35(43)36-27-14-5-2-6-15-27)38-34(42)26(20-23-10-3-1-4-11-23)22-32(40)29-19-18-24-12-7-8-16-28(24)37-29/h7-8,12,16,18-19,23,25-27,30H,1-6,9-11,13-15,17,20-22H2,(H,36,43)(H,38,42)/t25-,26+,30-/m0/s1. The van der Waals surface area contributed by atoms with E-state index in [2.05, 4.69) is 15.6 Å². The number of carbonyl (C=O) groups excluding carboxylic acids is 5. The molecule has 3 saturated carbocycles. The van der Waals surface area contributed by atoms with E-state index in [1.54, 1.807) is 6.07 Å². The lowest BCUT2D eigenvalue weighted by Crippen LogP contribution is -2.52. The number of nitrogens with zero attached hydrogens (tertiary/aromatic N) is 1. The van der Waals surface area contributed by atoms with Crippen molar-refractivity contribution >= 4 is 40.1 Å². The normalized spacial score (nSPS) is 21.3. The molecule has 8 nitrogen and oxygen atoms in total. The van der Waals surface area contributed by atoms with Crippen LogP contribution in [0.4, 0.5) is 0 Å². The molecule has 0 bridgehead atoms. The van der Waals surface area contributed by atoms with E-state index in [0.29, 0.717) is 30.9 Å². The Morgan fingerprint density at radius 2 is 1.53 bits per heavy atom. The van der Waals surface area contributed by atoms with Crippen LogP contribution in [-0.4, -0.2) is 46.2 Å². The van der Waals surface area contributed by atoms with E-state index in [1.807, 2.05) is 30.3 Å². The van der Waals surface area contributed by atoms with Crippen molar-refractivity contribution in [1.82, 2.24) is 15.6 Å². The van der Waals surface area contributed by atoms with Crippen molar-refractivity contribution in [2.45, 2.75) is 115 Å². The largest absolute Gasteiger partial charge is 0.347 e. The SMILES string of the molecule is O=C(NC1CCCCC1)C(=O)[C@H](C[C@@H]1CCCC1=O)NC(=O)[C@@H](CC(=O)c1ccc2ccccc2n1)CC1CCCCC1. The average molecular weight is 588 g/mol. The highest BCUT2D eigenvalue weighted by Crippen LogP contribution is 2.32. The van der Waals surface area contributed by atoms with Gasteiger partial charge in [-0.25, -0.2) is 4.98 Å². The number of aromatic nitrogens is 1. The van der Waals surface area contributed by atoms with E-state index in [-0.39, 0.29) is 36.4 Å². The molecule has 1 aromatic carbocycles. The molecule has 3 atom stereocenters. The summed E-state index contributed by atoms with van der Waals surface area (Å²) in [7, 11) is 0. The molecule has 2 aromatic rings. The van der Waals surface area contributed by atoms with Gasteiger partial charge in [-0.05, 0) is 56.6 Å². The van der Waals surface area contributed by atoms with Crippen LogP contribution in [0.15, 0.2) is 36.4 Å². The minimum atomic E-state index is -1.09. The van der Waals surface area contributed by atoms with Crippen molar-refractivity contribution in [2.24, 2.45) is 17.8 Å².